The Morgan fingerprint density at radius 2 is 2.13 bits per heavy atom. The lowest BCUT2D eigenvalue weighted by Gasteiger charge is -2.32. The fourth-order valence-electron chi connectivity index (χ4n) is 3.39. The minimum atomic E-state index is -0.253. The highest BCUT2D eigenvalue weighted by atomic mass is 79.9. The summed E-state index contributed by atoms with van der Waals surface area (Å²) in [6.45, 7) is 3.83. The number of nitrogens with two attached hydrogens (primary N) is 1. The summed E-state index contributed by atoms with van der Waals surface area (Å²) < 4.78 is 1.02. The number of anilines is 1. The maximum absolute atomic E-state index is 12.7. The predicted molar refractivity (Wildman–Crippen MR) is 93.1 cm³/mol. The fraction of sp³-hybridized carbons (Fsp3) is 0.529. The summed E-state index contributed by atoms with van der Waals surface area (Å²) in [5.41, 5.74) is 7.90. The first kappa shape index (κ1) is 16.5. The van der Waals surface area contributed by atoms with Gasteiger partial charge < -0.3 is 15.5 Å². The van der Waals surface area contributed by atoms with Crippen LogP contribution in [0.15, 0.2) is 22.7 Å². The molecule has 0 saturated carbocycles. The van der Waals surface area contributed by atoms with E-state index < -0.39 is 0 Å². The molecule has 5 nitrogen and oxygen atoms in total. The first-order chi connectivity index (χ1) is 11.0. The summed E-state index contributed by atoms with van der Waals surface area (Å²) in [6, 6.07) is 5.90. The summed E-state index contributed by atoms with van der Waals surface area (Å²) in [4.78, 5) is 28.6. The second-order valence-electron chi connectivity index (χ2n) is 6.53. The van der Waals surface area contributed by atoms with E-state index >= 15 is 0 Å². The fourth-order valence-corrected chi connectivity index (χ4v) is 3.63. The number of nitrogens with zero attached hydrogens (tertiary/aromatic N) is 2. The SMILES string of the molecule is Cc1cc(N2CC(C(=O)N3CCCC(N)C3)CC2=O)ccc1Br. The van der Waals surface area contributed by atoms with Crippen LogP contribution in [0, 0.1) is 12.8 Å². The predicted octanol–water partition coefficient (Wildman–Crippen LogP) is 2.06. The third-order valence-corrected chi connectivity index (χ3v) is 5.59. The van der Waals surface area contributed by atoms with Crippen LogP contribution in [0.2, 0.25) is 0 Å². The van der Waals surface area contributed by atoms with Crippen LogP contribution in [-0.2, 0) is 9.59 Å². The largest absolute Gasteiger partial charge is 0.341 e. The molecule has 1 aromatic rings. The van der Waals surface area contributed by atoms with Crippen molar-refractivity contribution in [2.24, 2.45) is 11.7 Å². The number of carbonyl (C=O) groups excluding carboxylic acids is 2. The van der Waals surface area contributed by atoms with E-state index in [9.17, 15) is 9.59 Å². The number of amides is 2. The van der Waals surface area contributed by atoms with Gasteiger partial charge in [0.2, 0.25) is 11.8 Å². The molecule has 0 aromatic heterocycles. The molecule has 0 bridgehead atoms. The van der Waals surface area contributed by atoms with Crippen LogP contribution < -0.4 is 10.6 Å². The van der Waals surface area contributed by atoms with Crippen LogP contribution in [0.5, 0.6) is 0 Å². The molecule has 3 rings (SSSR count). The maximum Gasteiger partial charge on any atom is 0.228 e. The molecule has 2 amide bonds. The van der Waals surface area contributed by atoms with Gasteiger partial charge in [0.05, 0.1) is 5.92 Å². The Morgan fingerprint density at radius 3 is 2.83 bits per heavy atom. The van der Waals surface area contributed by atoms with Crippen molar-refractivity contribution in [3.8, 4) is 0 Å². The Bertz CT molecular complexity index is 634. The molecule has 1 aromatic carbocycles. The van der Waals surface area contributed by atoms with E-state index in [0.29, 0.717) is 19.5 Å². The first-order valence-electron chi connectivity index (χ1n) is 8.06. The van der Waals surface area contributed by atoms with Crippen LogP contribution in [0.25, 0.3) is 0 Å². The lowest BCUT2D eigenvalue weighted by Crippen LogP contribution is -2.48. The Hall–Kier alpha value is -1.40. The van der Waals surface area contributed by atoms with Crippen LogP contribution in [-0.4, -0.2) is 42.4 Å². The van der Waals surface area contributed by atoms with E-state index in [4.69, 9.17) is 5.73 Å². The van der Waals surface area contributed by atoms with Crippen molar-refractivity contribution < 1.29 is 9.59 Å². The van der Waals surface area contributed by atoms with E-state index in [1.54, 1.807) is 4.90 Å². The van der Waals surface area contributed by atoms with Gasteiger partial charge in [-0.2, -0.15) is 0 Å². The van der Waals surface area contributed by atoms with Gasteiger partial charge in [-0.25, -0.2) is 0 Å². The van der Waals surface area contributed by atoms with Gasteiger partial charge in [-0.05, 0) is 43.5 Å². The van der Waals surface area contributed by atoms with Crippen molar-refractivity contribution in [2.45, 2.75) is 32.2 Å². The number of hydrogen-bond acceptors (Lipinski definition) is 3. The minimum Gasteiger partial charge on any atom is -0.341 e. The second-order valence-corrected chi connectivity index (χ2v) is 7.38. The van der Waals surface area contributed by atoms with Gasteiger partial charge in [-0.15, -0.1) is 0 Å². The topological polar surface area (TPSA) is 66.6 Å². The molecule has 6 heteroatoms. The van der Waals surface area contributed by atoms with E-state index in [1.807, 2.05) is 30.0 Å². The normalized spacial score (nSPS) is 25.1. The molecule has 2 unspecified atom stereocenters. The first-order valence-corrected chi connectivity index (χ1v) is 8.86. The molecule has 0 aliphatic carbocycles. The van der Waals surface area contributed by atoms with Crippen LogP contribution in [0.1, 0.15) is 24.8 Å². The zero-order valence-electron chi connectivity index (χ0n) is 13.3. The molecule has 2 aliphatic heterocycles. The molecule has 2 heterocycles. The van der Waals surface area contributed by atoms with Crippen molar-refractivity contribution >= 4 is 33.4 Å². The van der Waals surface area contributed by atoms with Gasteiger partial charge in [0.15, 0.2) is 0 Å². The van der Waals surface area contributed by atoms with E-state index in [2.05, 4.69) is 15.9 Å². The molecule has 2 saturated heterocycles. The van der Waals surface area contributed by atoms with E-state index in [0.717, 1.165) is 35.1 Å². The highest BCUT2D eigenvalue weighted by molar-refractivity contribution is 9.10. The summed E-state index contributed by atoms with van der Waals surface area (Å²) in [6.07, 6.45) is 2.21. The molecule has 0 spiro atoms. The summed E-state index contributed by atoms with van der Waals surface area (Å²) in [5.74, 6) is -0.159. The van der Waals surface area contributed by atoms with Crippen LogP contribution in [0.4, 0.5) is 5.69 Å². The monoisotopic (exact) mass is 379 g/mol. The minimum absolute atomic E-state index is 0.0198. The van der Waals surface area contributed by atoms with Gasteiger partial charge in [-0.1, -0.05) is 15.9 Å². The van der Waals surface area contributed by atoms with Crippen molar-refractivity contribution in [1.29, 1.82) is 0 Å². The zero-order chi connectivity index (χ0) is 16.6. The third-order valence-electron chi connectivity index (χ3n) is 4.70. The lowest BCUT2D eigenvalue weighted by atomic mass is 10.0. The molecule has 23 heavy (non-hydrogen) atoms. The second kappa shape index (κ2) is 6.61. The Labute approximate surface area is 144 Å². The van der Waals surface area contributed by atoms with Gasteiger partial charge in [-0.3, -0.25) is 9.59 Å². The molecule has 124 valence electrons. The van der Waals surface area contributed by atoms with E-state index in [1.165, 1.54) is 0 Å². The smallest absolute Gasteiger partial charge is 0.228 e. The summed E-state index contributed by atoms with van der Waals surface area (Å²) in [5, 5.41) is 0. The van der Waals surface area contributed by atoms with Gasteiger partial charge in [0, 0.05) is 42.3 Å². The zero-order valence-corrected chi connectivity index (χ0v) is 14.9. The third kappa shape index (κ3) is 3.43. The van der Waals surface area contributed by atoms with E-state index in [-0.39, 0.29) is 23.8 Å². The van der Waals surface area contributed by atoms with Gasteiger partial charge in [0.25, 0.3) is 0 Å². The average molecular weight is 380 g/mol. The van der Waals surface area contributed by atoms with Crippen molar-refractivity contribution in [1.82, 2.24) is 4.90 Å². The number of likely N-dealkylation sites (tertiary alicyclic amines) is 1. The Kier molecular flexibility index (Phi) is 4.73. The van der Waals surface area contributed by atoms with Gasteiger partial charge >= 0.3 is 0 Å². The molecular weight excluding hydrogens is 358 g/mol. The van der Waals surface area contributed by atoms with Gasteiger partial charge in [0.1, 0.15) is 0 Å². The van der Waals surface area contributed by atoms with Crippen molar-refractivity contribution in [3.63, 3.8) is 0 Å². The summed E-state index contributed by atoms with van der Waals surface area (Å²) in [7, 11) is 0. The highest BCUT2D eigenvalue weighted by Crippen LogP contribution is 2.29. The average Bonchev–Trinajstić information content (AvgIpc) is 2.91. The van der Waals surface area contributed by atoms with Crippen LogP contribution >= 0.6 is 15.9 Å². The van der Waals surface area contributed by atoms with Crippen LogP contribution in [0.3, 0.4) is 0 Å². The molecule has 2 fully saturated rings. The summed E-state index contributed by atoms with van der Waals surface area (Å²) >= 11 is 3.47. The number of benzene rings is 1. The molecular formula is C17H22BrN3O2. The maximum atomic E-state index is 12.7. The molecule has 0 radical (unpaired) electrons. The Balaban J connectivity index is 1.71. The van der Waals surface area contributed by atoms with Crippen molar-refractivity contribution in [3.05, 3.63) is 28.2 Å². The Morgan fingerprint density at radius 1 is 1.35 bits per heavy atom. The number of aryl methyl sites for hydroxylation is 1. The number of piperidine rings is 1. The lowest BCUT2D eigenvalue weighted by molar-refractivity contribution is -0.136. The number of carbonyl (C=O) groups is 2. The highest BCUT2D eigenvalue weighted by Gasteiger charge is 2.38. The number of halogens is 1. The van der Waals surface area contributed by atoms with Crippen molar-refractivity contribution in [2.75, 3.05) is 24.5 Å². The quantitative estimate of drug-likeness (QED) is 0.854. The number of rotatable bonds is 2. The standard InChI is InChI=1S/C17H22BrN3O2/c1-11-7-14(4-5-15(11)18)21-9-12(8-16(21)22)17(23)20-6-2-3-13(19)10-20/h4-5,7,12-13H,2-3,6,8-10,19H2,1H3. The molecule has 2 atom stereocenters. The number of hydrogen-bond donors (Lipinski definition) is 1. The molecule has 2 aliphatic rings. The molecule has 2 N–H and O–H groups in total.